The molecule has 0 radical (unpaired) electrons. The second kappa shape index (κ2) is 5.12. The lowest BCUT2D eigenvalue weighted by Gasteiger charge is -2.04. The number of aromatic nitrogens is 2. The fourth-order valence-corrected chi connectivity index (χ4v) is 1.45. The van der Waals surface area contributed by atoms with E-state index in [1.165, 1.54) is 12.3 Å². The Kier molecular flexibility index (Phi) is 3.56. The lowest BCUT2D eigenvalue weighted by molar-refractivity contribution is 0.102. The van der Waals surface area contributed by atoms with Crippen molar-refractivity contribution in [2.45, 2.75) is 0 Å². The van der Waals surface area contributed by atoms with Crippen molar-refractivity contribution in [3.05, 3.63) is 52.5 Å². The molecule has 2 rings (SSSR count). The van der Waals surface area contributed by atoms with Crippen LogP contribution in [0, 0.1) is 0 Å². The molecule has 0 aromatic carbocycles. The Balaban J connectivity index is 2.18. The summed E-state index contributed by atoms with van der Waals surface area (Å²) in [5.41, 5.74) is 0.993. The van der Waals surface area contributed by atoms with Crippen molar-refractivity contribution in [2.75, 3.05) is 5.32 Å². The number of nitrogens with zero attached hydrogens (tertiary/aromatic N) is 2. The van der Waals surface area contributed by atoms with Crippen LogP contribution in [0.25, 0.3) is 0 Å². The second-order valence-corrected chi connectivity index (χ2v) is 3.95. The first-order valence-electron chi connectivity index (χ1n) is 4.69. The van der Waals surface area contributed by atoms with Gasteiger partial charge >= 0.3 is 0 Å². The van der Waals surface area contributed by atoms with Gasteiger partial charge < -0.3 is 5.32 Å². The van der Waals surface area contributed by atoms with Crippen molar-refractivity contribution in [3.63, 3.8) is 0 Å². The SMILES string of the molecule is O=C(Nc1ccncc1)c1cnc(Cl)c(Cl)c1. The predicted molar refractivity (Wildman–Crippen MR) is 66.4 cm³/mol. The van der Waals surface area contributed by atoms with Crippen molar-refractivity contribution in [2.24, 2.45) is 0 Å². The zero-order chi connectivity index (χ0) is 12.3. The van der Waals surface area contributed by atoms with Gasteiger partial charge in [0, 0.05) is 24.3 Å². The van der Waals surface area contributed by atoms with E-state index in [9.17, 15) is 4.79 Å². The molecule has 0 bridgehead atoms. The smallest absolute Gasteiger partial charge is 0.257 e. The first kappa shape index (κ1) is 11.8. The fourth-order valence-electron chi connectivity index (χ4n) is 1.18. The van der Waals surface area contributed by atoms with Crippen LogP contribution in [0.1, 0.15) is 10.4 Å². The number of rotatable bonds is 2. The molecule has 0 aliphatic rings. The summed E-state index contributed by atoms with van der Waals surface area (Å²) in [6.45, 7) is 0. The van der Waals surface area contributed by atoms with Crippen LogP contribution in [0.5, 0.6) is 0 Å². The van der Waals surface area contributed by atoms with E-state index in [0.717, 1.165) is 0 Å². The monoisotopic (exact) mass is 267 g/mol. The second-order valence-electron chi connectivity index (χ2n) is 3.19. The van der Waals surface area contributed by atoms with E-state index in [0.29, 0.717) is 11.3 Å². The molecule has 0 atom stereocenters. The summed E-state index contributed by atoms with van der Waals surface area (Å²) in [6.07, 6.45) is 4.54. The molecular formula is C11H7Cl2N3O. The van der Waals surface area contributed by atoms with Gasteiger partial charge in [0.2, 0.25) is 0 Å². The third kappa shape index (κ3) is 2.93. The lowest BCUT2D eigenvalue weighted by Crippen LogP contribution is -2.12. The Hall–Kier alpha value is -1.65. The molecule has 2 aromatic rings. The minimum Gasteiger partial charge on any atom is -0.322 e. The van der Waals surface area contributed by atoms with Gasteiger partial charge in [-0.2, -0.15) is 0 Å². The summed E-state index contributed by atoms with van der Waals surface area (Å²) < 4.78 is 0. The van der Waals surface area contributed by atoms with E-state index < -0.39 is 0 Å². The molecular weight excluding hydrogens is 261 g/mol. The molecule has 0 aliphatic carbocycles. The lowest BCUT2D eigenvalue weighted by atomic mass is 10.2. The van der Waals surface area contributed by atoms with Crippen molar-refractivity contribution in [1.29, 1.82) is 0 Å². The molecule has 2 aromatic heterocycles. The molecule has 0 aliphatic heterocycles. The van der Waals surface area contributed by atoms with Gasteiger partial charge in [-0.15, -0.1) is 0 Å². The molecule has 86 valence electrons. The summed E-state index contributed by atoms with van der Waals surface area (Å²) in [5.74, 6) is -0.303. The highest BCUT2D eigenvalue weighted by atomic mass is 35.5. The number of carbonyl (C=O) groups is 1. The molecule has 4 nitrogen and oxygen atoms in total. The molecule has 0 unspecified atom stereocenters. The van der Waals surface area contributed by atoms with Gasteiger partial charge in [0.1, 0.15) is 5.15 Å². The Morgan fingerprint density at radius 2 is 1.94 bits per heavy atom. The van der Waals surface area contributed by atoms with Crippen LogP contribution in [-0.2, 0) is 0 Å². The topological polar surface area (TPSA) is 54.9 Å². The number of hydrogen-bond acceptors (Lipinski definition) is 3. The van der Waals surface area contributed by atoms with Crippen LogP contribution in [-0.4, -0.2) is 15.9 Å². The van der Waals surface area contributed by atoms with Gasteiger partial charge in [-0.05, 0) is 18.2 Å². The van der Waals surface area contributed by atoms with Crippen LogP contribution < -0.4 is 5.32 Å². The average Bonchev–Trinajstić information content (AvgIpc) is 2.34. The van der Waals surface area contributed by atoms with Crippen LogP contribution in [0.3, 0.4) is 0 Å². The summed E-state index contributed by atoms with van der Waals surface area (Å²) >= 11 is 11.4. The number of nitrogens with one attached hydrogen (secondary N) is 1. The van der Waals surface area contributed by atoms with E-state index >= 15 is 0 Å². The third-order valence-electron chi connectivity index (χ3n) is 2.00. The van der Waals surface area contributed by atoms with Gasteiger partial charge in [0.05, 0.1) is 10.6 Å². The molecule has 0 saturated carbocycles. The first-order chi connectivity index (χ1) is 8.16. The molecule has 6 heteroatoms. The van der Waals surface area contributed by atoms with Crippen molar-refractivity contribution in [3.8, 4) is 0 Å². The summed E-state index contributed by atoms with van der Waals surface area (Å²) in [4.78, 5) is 19.5. The van der Waals surface area contributed by atoms with Gasteiger partial charge in [0.25, 0.3) is 5.91 Å². The van der Waals surface area contributed by atoms with Crippen LogP contribution in [0.4, 0.5) is 5.69 Å². The number of carbonyl (C=O) groups excluding carboxylic acids is 1. The number of halogens is 2. The molecule has 0 saturated heterocycles. The zero-order valence-corrected chi connectivity index (χ0v) is 10.0. The Morgan fingerprint density at radius 3 is 2.59 bits per heavy atom. The molecule has 2 heterocycles. The normalized spacial score (nSPS) is 10.0. The van der Waals surface area contributed by atoms with E-state index in [1.54, 1.807) is 24.5 Å². The van der Waals surface area contributed by atoms with Gasteiger partial charge in [-0.3, -0.25) is 9.78 Å². The molecule has 1 N–H and O–H groups in total. The summed E-state index contributed by atoms with van der Waals surface area (Å²) in [5, 5.41) is 3.10. The quantitative estimate of drug-likeness (QED) is 0.851. The third-order valence-corrected chi connectivity index (χ3v) is 2.68. The van der Waals surface area contributed by atoms with Crippen LogP contribution in [0.2, 0.25) is 10.2 Å². The van der Waals surface area contributed by atoms with Gasteiger partial charge in [-0.25, -0.2) is 4.98 Å². The molecule has 0 fully saturated rings. The highest BCUT2D eigenvalue weighted by Gasteiger charge is 2.09. The summed E-state index contributed by atoms with van der Waals surface area (Å²) in [7, 11) is 0. The number of amides is 1. The Morgan fingerprint density at radius 1 is 1.24 bits per heavy atom. The molecule has 17 heavy (non-hydrogen) atoms. The predicted octanol–water partition coefficient (Wildman–Crippen LogP) is 3.04. The maximum absolute atomic E-state index is 11.8. The van der Waals surface area contributed by atoms with E-state index in [4.69, 9.17) is 23.2 Å². The van der Waals surface area contributed by atoms with E-state index in [1.807, 2.05) is 0 Å². The standard InChI is InChI=1S/C11H7Cl2N3O/c12-9-5-7(6-15-10(9)13)11(17)16-8-1-3-14-4-2-8/h1-6H,(H,14,16,17). The molecule has 0 spiro atoms. The fraction of sp³-hybridized carbons (Fsp3) is 0. The van der Waals surface area contributed by atoms with E-state index in [2.05, 4.69) is 15.3 Å². The van der Waals surface area contributed by atoms with Crippen molar-refractivity contribution >= 4 is 34.8 Å². The summed E-state index contributed by atoms with van der Waals surface area (Å²) in [6, 6.07) is 4.83. The zero-order valence-electron chi connectivity index (χ0n) is 8.52. The van der Waals surface area contributed by atoms with E-state index in [-0.39, 0.29) is 16.1 Å². The molecule has 1 amide bonds. The van der Waals surface area contributed by atoms with Gasteiger partial charge in [0.15, 0.2) is 0 Å². The minimum absolute atomic E-state index is 0.173. The highest BCUT2D eigenvalue weighted by Crippen LogP contribution is 2.20. The highest BCUT2D eigenvalue weighted by molar-refractivity contribution is 6.41. The minimum atomic E-state index is -0.303. The van der Waals surface area contributed by atoms with Crippen LogP contribution in [0.15, 0.2) is 36.8 Å². The van der Waals surface area contributed by atoms with Crippen molar-refractivity contribution < 1.29 is 4.79 Å². The Labute approximate surface area is 108 Å². The first-order valence-corrected chi connectivity index (χ1v) is 5.45. The van der Waals surface area contributed by atoms with Crippen molar-refractivity contribution in [1.82, 2.24) is 9.97 Å². The number of hydrogen-bond donors (Lipinski definition) is 1. The number of pyridine rings is 2. The van der Waals surface area contributed by atoms with Crippen LogP contribution >= 0.6 is 23.2 Å². The number of anilines is 1. The van der Waals surface area contributed by atoms with Gasteiger partial charge in [-0.1, -0.05) is 23.2 Å². The largest absolute Gasteiger partial charge is 0.322 e. The maximum atomic E-state index is 11.8. The average molecular weight is 268 g/mol. The maximum Gasteiger partial charge on any atom is 0.257 e. The Bertz CT molecular complexity index is 546.